The minimum Gasteiger partial charge on any atom is -0.453 e. The molecule has 336 valence electrons. The lowest BCUT2D eigenvalue weighted by molar-refractivity contribution is -0.136. The van der Waals surface area contributed by atoms with Crippen LogP contribution < -0.4 is 10.6 Å². The first-order valence-corrected chi connectivity index (χ1v) is 23.0. The quantitative estimate of drug-likeness (QED) is 0.101. The number of nitrogens with zero attached hydrogens (tertiary/aromatic N) is 4. The molecule has 4 atom stereocenters. The summed E-state index contributed by atoms with van der Waals surface area (Å²) in [4.78, 5) is 72.7. The van der Waals surface area contributed by atoms with Gasteiger partial charge in [0.15, 0.2) is 0 Å². The summed E-state index contributed by atoms with van der Waals surface area (Å²) < 4.78 is 9.64. The highest BCUT2D eigenvalue weighted by molar-refractivity contribution is 5.90. The van der Waals surface area contributed by atoms with Gasteiger partial charge in [0.05, 0.1) is 42.3 Å². The third kappa shape index (κ3) is 8.00. The minimum atomic E-state index is -0.732. The zero-order chi connectivity index (χ0) is 44.9. The largest absolute Gasteiger partial charge is 0.453 e. The average molecular weight is 869 g/mol. The van der Waals surface area contributed by atoms with Crippen molar-refractivity contribution in [2.75, 3.05) is 27.3 Å². The van der Waals surface area contributed by atoms with Crippen molar-refractivity contribution in [2.24, 2.45) is 17.3 Å². The number of ether oxygens (including phenoxy) is 2. The maximum atomic E-state index is 13.9. The van der Waals surface area contributed by atoms with Gasteiger partial charge in [0.1, 0.15) is 29.8 Å². The predicted molar refractivity (Wildman–Crippen MR) is 245 cm³/mol. The molecular weight excluding hydrogens is 809 g/mol. The molecule has 2 aliphatic heterocycles. The van der Waals surface area contributed by atoms with Crippen molar-refractivity contribution in [3.8, 4) is 22.3 Å². The third-order valence-electron chi connectivity index (χ3n) is 14.2. The normalized spacial score (nSPS) is 20.1. The monoisotopic (exact) mass is 868 g/mol. The van der Waals surface area contributed by atoms with Crippen molar-refractivity contribution < 1.29 is 28.7 Å². The lowest BCUT2D eigenvalue weighted by atomic mass is 9.72. The SMILES string of the molecule is COC(=O)NC(C(=O)N1CC=C[C@H]1c1nc2ccc(-c3ccc(-c4ccc5nc([C@@H]6CCCN6C(=O)C(NC(=O)OC)C(C)C)[nH]c5c4)c4c3CC3(CCCCC3)C4)cc2[nH]1)C(C)C. The molecule has 5 aromatic rings. The number of H-pyrrole nitrogens is 2. The van der Waals surface area contributed by atoms with Gasteiger partial charge in [-0.25, -0.2) is 19.6 Å². The lowest BCUT2D eigenvalue weighted by Gasteiger charge is -2.33. The van der Waals surface area contributed by atoms with Gasteiger partial charge in [-0.1, -0.05) is 83.4 Å². The number of nitrogens with one attached hydrogen (secondary N) is 4. The molecule has 2 aliphatic carbocycles. The number of hydrogen-bond donors (Lipinski definition) is 4. The number of benzene rings is 3. The van der Waals surface area contributed by atoms with Gasteiger partial charge < -0.3 is 39.9 Å². The molecule has 3 aromatic carbocycles. The van der Waals surface area contributed by atoms with Gasteiger partial charge in [-0.3, -0.25) is 9.59 Å². The van der Waals surface area contributed by atoms with E-state index in [4.69, 9.17) is 19.4 Å². The molecule has 2 unspecified atom stereocenters. The van der Waals surface area contributed by atoms with Crippen LogP contribution >= 0.6 is 0 Å². The number of aromatic nitrogens is 4. The van der Waals surface area contributed by atoms with Crippen molar-refractivity contribution >= 4 is 46.1 Å². The minimum absolute atomic E-state index is 0.111. The molecule has 1 spiro atoms. The van der Waals surface area contributed by atoms with E-state index in [0.29, 0.717) is 18.9 Å². The maximum absolute atomic E-state index is 13.9. The molecule has 0 bridgehead atoms. The summed E-state index contributed by atoms with van der Waals surface area (Å²) >= 11 is 0. The Balaban J connectivity index is 1.02. The lowest BCUT2D eigenvalue weighted by Crippen LogP contribution is -2.51. The Morgan fingerprint density at radius 2 is 1.23 bits per heavy atom. The van der Waals surface area contributed by atoms with E-state index >= 15 is 0 Å². The highest BCUT2D eigenvalue weighted by Gasteiger charge is 2.42. The number of carbonyl (C=O) groups excluding carboxylic acids is 4. The van der Waals surface area contributed by atoms with Crippen LogP contribution in [0.5, 0.6) is 0 Å². The van der Waals surface area contributed by atoms with Gasteiger partial charge in [0.2, 0.25) is 11.8 Å². The van der Waals surface area contributed by atoms with E-state index in [1.54, 1.807) is 4.90 Å². The van der Waals surface area contributed by atoms with Gasteiger partial charge in [0.25, 0.3) is 0 Å². The number of rotatable bonds is 10. The molecule has 4 N–H and O–H groups in total. The van der Waals surface area contributed by atoms with Crippen molar-refractivity contribution in [3.05, 3.63) is 83.5 Å². The van der Waals surface area contributed by atoms with Gasteiger partial charge in [-0.05, 0) is 113 Å². The number of imidazole rings is 2. The number of aromatic amines is 2. The number of methoxy groups -OCH3 is 2. The van der Waals surface area contributed by atoms with Gasteiger partial charge in [0, 0.05) is 13.1 Å². The number of fused-ring (bicyclic) bond motifs is 3. The summed E-state index contributed by atoms with van der Waals surface area (Å²) in [6.45, 7) is 8.67. The summed E-state index contributed by atoms with van der Waals surface area (Å²) in [5.74, 6) is 0.879. The molecule has 64 heavy (non-hydrogen) atoms. The standard InChI is InChI=1S/C50H60N8O6/c1-28(2)42(55-48(61)63-5)46(59)57-22-10-12-40(57)44-51-36-18-14-30(24-38(36)53-44)32-16-17-33(35-27-50(26-34(32)35)20-8-7-9-21-50)31-15-19-37-39(25-31)54-45(52-37)41-13-11-23-58(41)47(60)43(29(3)4)56-49(62)64-6/h10,12,14-19,24-25,28-29,40-43H,7-9,11,13,20-23,26-27H2,1-6H3,(H,51,53)(H,52,54)(H,55,61)(H,56,62)/t40-,41-,42?,43?/m0/s1. The summed E-state index contributed by atoms with van der Waals surface area (Å²) in [6, 6.07) is 15.4. The van der Waals surface area contributed by atoms with E-state index < -0.39 is 30.3 Å². The topological polar surface area (TPSA) is 175 Å². The van der Waals surface area contributed by atoms with E-state index in [0.717, 1.165) is 64.7 Å². The Bertz CT molecular complexity index is 2640. The number of alkyl carbamates (subject to hydrolysis) is 2. The average Bonchev–Trinajstić information content (AvgIpc) is 4.15. The van der Waals surface area contributed by atoms with E-state index in [-0.39, 0.29) is 35.1 Å². The summed E-state index contributed by atoms with van der Waals surface area (Å²) in [6.07, 6.45) is 12.7. The number of carbonyl (C=O) groups is 4. The Morgan fingerprint density at radius 1 is 0.703 bits per heavy atom. The van der Waals surface area contributed by atoms with E-state index in [1.807, 2.05) is 44.7 Å². The first-order valence-electron chi connectivity index (χ1n) is 23.0. The van der Waals surface area contributed by atoms with E-state index in [9.17, 15) is 19.2 Å². The van der Waals surface area contributed by atoms with Gasteiger partial charge >= 0.3 is 12.2 Å². The zero-order valence-corrected chi connectivity index (χ0v) is 37.8. The van der Waals surface area contributed by atoms with Crippen LogP contribution in [0.25, 0.3) is 44.3 Å². The van der Waals surface area contributed by atoms with Crippen molar-refractivity contribution in [2.45, 2.75) is 110 Å². The molecule has 4 amide bonds. The second kappa shape index (κ2) is 17.4. The fraction of sp³-hybridized carbons (Fsp3) is 0.480. The second-order valence-electron chi connectivity index (χ2n) is 19.0. The second-order valence-corrected chi connectivity index (χ2v) is 19.0. The van der Waals surface area contributed by atoms with Crippen LogP contribution in [-0.2, 0) is 31.9 Å². The predicted octanol–water partition coefficient (Wildman–Crippen LogP) is 8.69. The van der Waals surface area contributed by atoms with Gasteiger partial charge in [-0.15, -0.1) is 0 Å². The highest BCUT2D eigenvalue weighted by Crippen LogP contribution is 2.52. The Kier molecular flexibility index (Phi) is 11.7. The molecule has 4 heterocycles. The molecule has 2 fully saturated rings. The first-order chi connectivity index (χ1) is 30.9. The highest BCUT2D eigenvalue weighted by atomic mass is 16.5. The van der Waals surface area contributed by atoms with Crippen LogP contribution in [0, 0.1) is 17.3 Å². The van der Waals surface area contributed by atoms with Crippen LogP contribution in [0.2, 0.25) is 0 Å². The van der Waals surface area contributed by atoms with Crippen LogP contribution in [0.1, 0.15) is 108 Å². The Morgan fingerprint density at radius 3 is 1.78 bits per heavy atom. The van der Waals surface area contributed by atoms with Crippen LogP contribution in [0.15, 0.2) is 60.7 Å². The molecule has 1 saturated carbocycles. The fourth-order valence-electron chi connectivity index (χ4n) is 10.9. The van der Waals surface area contributed by atoms with Crippen molar-refractivity contribution in [1.29, 1.82) is 0 Å². The van der Waals surface area contributed by atoms with Crippen LogP contribution in [0.3, 0.4) is 0 Å². The van der Waals surface area contributed by atoms with Gasteiger partial charge in [-0.2, -0.15) is 0 Å². The van der Waals surface area contributed by atoms with Crippen LogP contribution in [0.4, 0.5) is 9.59 Å². The molecule has 14 heteroatoms. The third-order valence-corrected chi connectivity index (χ3v) is 14.2. The van der Waals surface area contributed by atoms with E-state index in [2.05, 4.69) is 69.1 Å². The zero-order valence-electron chi connectivity index (χ0n) is 37.8. The smallest absolute Gasteiger partial charge is 0.407 e. The summed E-state index contributed by atoms with van der Waals surface area (Å²) in [5.41, 5.74) is 11.3. The molecule has 4 aliphatic rings. The molecular formula is C50H60N8O6. The van der Waals surface area contributed by atoms with Crippen LogP contribution in [-0.4, -0.2) is 93.1 Å². The van der Waals surface area contributed by atoms with Crippen molar-refractivity contribution in [3.63, 3.8) is 0 Å². The number of amides is 4. The fourth-order valence-corrected chi connectivity index (χ4v) is 10.9. The van der Waals surface area contributed by atoms with Crippen molar-refractivity contribution in [1.82, 2.24) is 40.4 Å². The number of likely N-dealkylation sites (tertiary alicyclic amines) is 1. The first kappa shape index (κ1) is 43.1. The summed E-state index contributed by atoms with van der Waals surface area (Å²) in [5, 5.41) is 5.46. The molecule has 1 saturated heterocycles. The Labute approximate surface area is 373 Å². The number of hydrogen-bond acceptors (Lipinski definition) is 8. The summed E-state index contributed by atoms with van der Waals surface area (Å²) in [7, 11) is 2.60. The van der Waals surface area contributed by atoms with E-state index in [1.165, 1.54) is 68.6 Å². The maximum Gasteiger partial charge on any atom is 0.407 e. The Hall–Kier alpha value is -6.18. The molecule has 9 rings (SSSR count). The molecule has 0 radical (unpaired) electrons. The molecule has 14 nitrogen and oxygen atoms in total. The molecule has 2 aromatic heterocycles.